The van der Waals surface area contributed by atoms with Crippen molar-refractivity contribution < 1.29 is 31.1 Å². The van der Waals surface area contributed by atoms with E-state index in [-0.39, 0.29) is 50.9 Å². The van der Waals surface area contributed by atoms with Gasteiger partial charge in [0.1, 0.15) is 0 Å². The van der Waals surface area contributed by atoms with Crippen LogP contribution in [0.2, 0.25) is 0 Å². The minimum Gasteiger partial charge on any atom is -0.487 e. The van der Waals surface area contributed by atoms with Crippen LogP contribution in [0.3, 0.4) is 0 Å². The van der Waals surface area contributed by atoms with Crippen LogP contribution < -0.4 is 0 Å². The molecule has 24 heavy (non-hydrogen) atoms. The summed E-state index contributed by atoms with van der Waals surface area (Å²) >= 11 is 4.77. The minimum atomic E-state index is -4.45. The summed E-state index contributed by atoms with van der Waals surface area (Å²) in [6.45, 7) is 1.73. The monoisotopic (exact) mass is 390 g/mol. The molecular weight excluding hydrogens is 369 g/mol. The van der Waals surface area contributed by atoms with Crippen LogP contribution in [0.5, 0.6) is 0 Å². The third-order valence-corrected chi connectivity index (χ3v) is 6.20. The molecule has 0 aromatic heterocycles. The van der Waals surface area contributed by atoms with Gasteiger partial charge in [-0.1, -0.05) is 0 Å². The maximum atomic E-state index is 13.2. The predicted octanol–water partition coefficient (Wildman–Crippen LogP) is 1.43. The fourth-order valence-corrected chi connectivity index (χ4v) is 4.65. The van der Waals surface area contributed by atoms with Gasteiger partial charge in [-0.2, -0.15) is 30.2 Å². The highest BCUT2D eigenvalue weighted by Gasteiger charge is 2.48. The second kappa shape index (κ2) is 7.81. The van der Waals surface area contributed by atoms with Crippen molar-refractivity contribution in [3.05, 3.63) is 0 Å². The van der Waals surface area contributed by atoms with Gasteiger partial charge in [0.25, 0.3) is 10.2 Å². The maximum absolute atomic E-state index is 13.2. The number of halogens is 3. The molecule has 0 spiro atoms. The quantitative estimate of drug-likeness (QED) is 0.680. The smallest absolute Gasteiger partial charge is 0.393 e. The Hall–Kier alpha value is -0.490. The molecule has 6 nitrogen and oxygen atoms in total. The maximum Gasteiger partial charge on any atom is 0.393 e. The van der Waals surface area contributed by atoms with E-state index in [1.807, 2.05) is 0 Å². The Bertz CT molecular complexity index is 550. The van der Waals surface area contributed by atoms with E-state index in [2.05, 4.69) is 0 Å². The third-order valence-electron chi connectivity index (χ3n) is 4.11. The molecule has 2 aliphatic heterocycles. The fraction of sp³-hybridized carbons (Fsp3) is 0.923. The number of thiocarbonyl (C=S) groups is 1. The summed E-state index contributed by atoms with van der Waals surface area (Å²) in [6.07, 6.45) is -4.62. The average Bonchev–Trinajstić information content (AvgIpc) is 2.52. The summed E-state index contributed by atoms with van der Waals surface area (Å²) in [5, 5.41) is 0.228. The van der Waals surface area contributed by atoms with E-state index in [4.69, 9.17) is 21.7 Å². The lowest BCUT2D eigenvalue weighted by Crippen LogP contribution is -2.55. The zero-order valence-electron chi connectivity index (χ0n) is 13.3. The zero-order valence-corrected chi connectivity index (χ0v) is 14.9. The average molecular weight is 390 g/mol. The van der Waals surface area contributed by atoms with Crippen molar-refractivity contribution in [3.63, 3.8) is 0 Å². The molecule has 140 valence electrons. The van der Waals surface area contributed by atoms with E-state index in [0.29, 0.717) is 0 Å². The van der Waals surface area contributed by atoms with Crippen LogP contribution in [0.15, 0.2) is 0 Å². The van der Waals surface area contributed by atoms with Gasteiger partial charge in [-0.25, -0.2) is 0 Å². The van der Waals surface area contributed by atoms with E-state index >= 15 is 0 Å². The summed E-state index contributed by atoms with van der Waals surface area (Å²) in [7, 11) is -3.95. The van der Waals surface area contributed by atoms with Crippen LogP contribution in [0, 0.1) is 11.8 Å². The van der Waals surface area contributed by atoms with Gasteiger partial charge in [-0.15, -0.1) is 0 Å². The molecule has 0 N–H and O–H groups in total. The molecule has 0 radical (unpaired) electrons. The first kappa shape index (κ1) is 19.8. The Morgan fingerprint density at radius 3 is 2.42 bits per heavy atom. The first-order chi connectivity index (χ1) is 11.1. The number of alkyl halides is 3. The molecule has 0 amide bonds. The van der Waals surface area contributed by atoms with Gasteiger partial charge in [-0.05, 0) is 18.6 Å². The van der Waals surface area contributed by atoms with Crippen LogP contribution in [0.4, 0.5) is 13.2 Å². The van der Waals surface area contributed by atoms with Gasteiger partial charge in [0.05, 0.1) is 25.7 Å². The summed E-state index contributed by atoms with van der Waals surface area (Å²) in [6, 6.07) is 0. The van der Waals surface area contributed by atoms with Crippen molar-refractivity contribution in [2.45, 2.75) is 19.5 Å². The largest absolute Gasteiger partial charge is 0.487 e. The Balaban J connectivity index is 2.15. The van der Waals surface area contributed by atoms with Gasteiger partial charge < -0.3 is 9.47 Å². The van der Waals surface area contributed by atoms with E-state index in [1.54, 1.807) is 0 Å². The van der Waals surface area contributed by atoms with Gasteiger partial charge in [-0.3, -0.25) is 0 Å². The molecule has 2 atom stereocenters. The van der Waals surface area contributed by atoms with Crippen LogP contribution in [-0.4, -0.2) is 74.3 Å². The first-order valence-corrected chi connectivity index (χ1v) is 9.44. The van der Waals surface area contributed by atoms with Crippen LogP contribution in [0.25, 0.3) is 0 Å². The summed E-state index contributed by atoms with van der Waals surface area (Å²) < 4.78 is 77.3. The molecule has 2 rings (SSSR count). The molecule has 11 heteroatoms. The number of ether oxygens (including phenoxy) is 2. The summed E-state index contributed by atoms with van der Waals surface area (Å²) in [5.74, 6) is -2.26. The Morgan fingerprint density at radius 1 is 1.25 bits per heavy atom. The molecule has 2 aliphatic rings. The van der Waals surface area contributed by atoms with Crippen molar-refractivity contribution in [2.75, 3.05) is 46.0 Å². The number of nitrogens with zero attached hydrogens (tertiary/aromatic N) is 2. The van der Waals surface area contributed by atoms with Crippen LogP contribution in [0.1, 0.15) is 13.3 Å². The number of hydrogen-bond acceptors (Lipinski definition) is 5. The third kappa shape index (κ3) is 5.01. The summed E-state index contributed by atoms with van der Waals surface area (Å²) in [5.41, 5.74) is 0. The number of morpholine rings is 1. The fourth-order valence-electron chi connectivity index (χ4n) is 2.88. The van der Waals surface area contributed by atoms with Crippen molar-refractivity contribution in [3.8, 4) is 0 Å². The lowest BCUT2D eigenvalue weighted by atomic mass is 9.90. The lowest BCUT2D eigenvalue weighted by Gasteiger charge is -2.40. The van der Waals surface area contributed by atoms with Gasteiger partial charge in [0, 0.05) is 39.0 Å². The molecule has 0 bridgehead atoms. The second-order valence-electron chi connectivity index (χ2n) is 5.98. The molecule has 2 saturated heterocycles. The van der Waals surface area contributed by atoms with E-state index < -0.39 is 34.8 Å². The number of rotatable bonds is 4. The van der Waals surface area contributed by atoms with Crippen molar-refractivity contribution in [1.82, 2.24) is 8.61 Å². The molecule has 0 aliphatic carbocycles. The zero-order chi connectivity index (χ0) is 18.0. The van der Waals surface area contributed by atoms with Gasteiger partial charge in [0.2, 0.25) is 0 Å². The minimum absolute atomic E-state index is 0.00508. The molecule has 2 fully saturated rings. The van der Waals surface area contributed by atoms with Crippen molar-refractivity contribution in [2.24, 2.45) is 11.8 Å². The Morgan fingerprint density at radius 2 is 1.88 bits per heavy atom. The summed E-state index contributed by atoms with van der Waals surface area (Å²) in [4.78, 5) is 0. The Kier molecular flexibility index (Phi) is 6.46. The lowest BCUT2D eigenvalue weighted by molar-refractivity contribution is -0.188. The van der Waals surface area contributed by atoms with Crippen molar-refractivity contribution >= 4 is 27.5 Å². The van der Waals surface area contributed by atoms with Gasteiger partial charge >= 0.3 is 6.18 Å². The van der Waals surface area contributed by atoms with Crippen molar-refractivity contribution in [1.29, 1.82) is 0 Å². The molecule has 0 aromatic carbocycles. The number of piperidine rings is 1. The standard InChI is InChI=1S/C13H21F3N2O4S2/c1-10(23)22-9-11-6-12(13(14,15)16)8-18(7-11)24(19,20)17-2-4-21-5-3-17/h11-12H,2-9H2,1H3. The molecule has 2 heterocycles. The second-order valence-corrected chi connectivity index (χ2v) is 8.48. The topological polar surface area (TPSA) is 59.1 Å². The Labute approximate surface area is 145 Å². The highest BCUT2D eigenvalue weighted by atomic mass is 32.2. The molecule has 0 aromatic rings. The first-order valence-electron chi connectivity index (χ1n) is 7.63. The highest BCUT2D eigenvalue weighted by Crippen LogP contribution is 2.36. The van der Waals surface area contributed by atoms with Gasteiger partial charge in [0.15, 0.2) is 5.05 Å². The number of hydrogen-bond donors (Lipinski definition) is 0. The molecule has 2 unspecified atom stereocenters. The van der Waals surface area contributed by atoms with E-state index in [0.717, 1.165) is 4.31 Å². The van der Waals surface area contributed by atoms with E-state index in [1.165, 1.54) is 11.2 Å². The normalized spacial score (nSPS) is 27.8. The van der Waals surface area contributed by atoms with Crippen LogP contribution in [-0.2, 0) is 19.7 Å². The highest BCUT2D eigenvalue weighted by molar-refractivity contribution is 7.86. The SMILES string of the molecule is CC(=S)OCC1CC(C(F)(F)F)CN(S(=O)(=O)N2CCOCC2)C1. The van der Waals surface area contributed by atoms with Crippen LogP contribution >= 0.6 is 12.2 Å². The molecule has 0 saturated carbocycles. The van der Waals surface area contributed by atoms with E-state index in [9.17, 15) is 21.6 Å². The predicted molar refractivity (Wildman–Crippen MR) is 84.8 cm³/mol. The molecular formula is C13H21F3N2O4S2.